The van der Waals surface area contributed by atoms with Crippen LogP contribution < -0.4 is 5.73 Å². The SMILES string of the molecule is CCOC(=O)C(F)[C@H](N)c1c(C#N)ccc(F)c1O.Cl. The number of halogens is 3. The molecule has 0 saturated carbocycles. The monoisotopic (exact) mass is 306 g/mol. The molecule has 5 nitrogen and oxygen atoms in total. The lowest BCUT2D eigenvalue weighted by atomic mass is 9.96. The molecule has 0 radical (unpaired) electrons. The number of rotatable bonds is 4. The van der Waals surface area contributed by atoms with E-state index in [4.69, 9.17) is 11.0 Å². The Balaban J connectivity index is 0.00000361. The van der Waals surface area contributed by atoms with Gasteiger partial charge in [0.05, 0.1) is 24.3 Å². The summed E-state index contributed by atoms with van der Waals surface area (Å²) >= 11 is 0. The first-order chi connectivity index (χ1) is 8.93. The van der Waals surface area contributed by atoms with Gasteiger partial charge in [-0.15, -0.1) is 12.4 Å². The molecule has 2 atom stereocenters. The topological polar surface area (TPSA) is 96.3 Å². The van der Waals surface area contributed by atoms with Crippen LogP contribution in [0.4, 0.5) is 8.78 Å². The third-order valence-corrected chi connectivity index (χ3v) is 2.45. The molecule has 1 unspecified atom stereocenters. The highest BCUT2D eigenvalue weighted by atomic mass is 35.5. The van der Waals surface area contributed by atoms with Gasteiger partial charge in [0, 0.05) is 5.56 Å². The fourth-order valence-electron chi connectivity index (χ4n) is 1.53. The molecule has 0 bridgehead atoms. The van der Waals surface area contributed by atoms with Gasteiger partial charge in [0.25, 0.3) is 0 Å². The maximum absolute atomic E-state index is 13.7. The number of ether oxygens (including phenoxy) is 1. The van der Waals surface area contributed by atoms with Crippen molar-refractivity contribution >= 4 is 18.4 Å². The lowest BCUT2D eigenvalue weighted by Gasteiger charge is -2.18. The van der Waals surface area contributed by atoms with Crippen molar-refractivity contribution in [3.63, 3.8) is 0 Å². The summed E-state index contributed by atoms with van der Waals surface area (Å²) in [6, 6.07) is 1.85. The second-order valence-electron chi connectivity index (χ2n) is 3.65. The number of carbonyl (C=O) groups is 1. The third-order valence-electron chi connectivity index (χ3n) is 2.45. The number of nitrogens with two attached hydrogens (primary N) is 1. The van der Waals surface area contributed by atoms with Gasteiger partial charge in [0.2, 0.25) is 6.17 Å². The smallest absolute Gasteiger partial charge is 0.342 e. The highest BCUT2D eigenvalue weighted by molar-refractivity contribution is 5.85. The second-order valence-corrected chi connectivity index (χ2v) is 3.65. The van der Waals surface area contributed by atoms with Crippen molar-refractivity contribution in [2.75, 3.05) is 6.61 Å². The van der Waals surface area contributed by atoms with Crippen molar-refractivity contribution in [2.45, 2.75) is 19.1 Å². The Kier molecular flexibility index (Phi) is 6.90. The van der Waals surface area contributed by atoms with Gasteiger partial charge < -0.3 is 15.6 Å². The molecule has 0 saturated heterocycles. The highest BCUT2D eigenvalue weighted by Gasteiger charge is 2.32. The Morgan fingerprint density at radius 3 is 2.70 bits per heavy atom. The van der Waals surface area contributed by atoms with Gasteiger partial charge in [-0.3, -0.25) is 0 Å². The minimum atomic E-state index is -2.31. The van der Waals surface area contributed by atoms with Crippen LogP contribution in [0, 0.1) is 17.1 Å². The molecule has 0 fully saturated rings. The van der Waals surface area contributed by atoms with Crippen molar-refractivity contribution in [1.82, 2.24) is 0 Å². The Morgan fingerprint density at radius 2 is 2.20 bits per heavy atom. The first-order valence-electron chi connectivity index (χ1n) is 5.41. The minimum absolute atomic E-state index is 0. The number of hydrogen-bond donors (Lipinski definition) is 2. The van der Waals surface area contributed by atoms with E-state index in [-0.39, 0.29) is 24.6 Å². The molecule has 110 valence electrons. The van der Waals surface area contributed by atoms with E-state index in [0.29, 0.717) is 0 Å². The van der Waals surface area contributed by atoms with E-state index in [1.807, 2.05) is 0 Å². The molecule has 1 rings (SSSR count). The van der Waals surface area contributed by atoms with E-state index < -0.39 is 35.3 Å². The summed E-state index contributed by atoms with van der Waals surface area (Å²) in [5, 5.41) is 18.3. The zero-order valence-corrected chi connectivity index (χ0v) is 11.3. The molecule has 0 amide bonds. The van der Waals surface area contributed by atoms with Crippen LogP contribution in [0.25, 0.3) is 0 Å². The quantitative estimate of drug-likeness (QED) is 0.826. The molecular formula is C12H13ClF2N2O3. The second kappa shape index (κ2) is 7.62. The molecule has 0 spiro atoms. The summed E-state index contributed by atoms with van der Waals surface area (Å²) in [6.45, 7) is 1.43. The molecule has 0 aromatic heterocycles. The number of aromatic hydroxyl groups is 1. The van der Waals surface area contributed by atoms with Crippen LogP contribution in [0.1, 0.15) is 24.1 Å². The van der Waals surface area contributed by atoms with Crippen molar-refractivity contribution in [3.05, 3.63) is 29.1 Å². The van der Waals surface area contributed by atoms with E-state index in [9.17, 15) is 18.7 Å². The van der Waals surface area contributed by atoms with E-state index in [1.54, 1.807) is 6.07 Å². The third kappa shape index (κ3) is 3.56. The predicted molar refractivity (Wildman–Crippen MR) is 68.5 cm³/mol. The lowest BCUT2D eigenvalue weighted by molar-refractivity contribution is -0.149. The summed E-state index contributed by atoms with van der Waals surface area (Å²) < 4.78 is 31.4. The molecule has 20 heavy (non-hydrogen) atoms. The van der Waals surface area contributed by atoms with Crippen LogP contribution >= 0.6 is 12.4 Å². The lowest BCUT2D eigenvalue weighted by Crippen LogP contribution is -2.32. The number of hydrogen-bond acceptors (Lipinski definition) is 5. The number of benzene rings is 1. The standard InChI is InChI=1S/C12H12F2N2O3.ClH/c1-2-19-12(18)9(14)10(16)8-6(5-15)3-4-7(13)11(8)17;/h3-4,9-10,17H,2,16H2,1H3;1H/t9?,10-;/m1./s1. The summed E-state index contributed by atoms with van der Waals surface area (Å²) in [5.41, 5.74) is 4.80. The molecule has 1 aromatic rings. The Bertz CT molecular complexity index is 534. The van der Waals surface area contributed by atoms with Gasteiger partial charge in [0.15, 0.2) is 11.6 Å². The number of nitriles is 1. The first-order valence-corrected chi connectivity index (χ1v) is 5.41. The van der Waals surface area contributed by atoms with E-state index >= 15 is 0 Å². The number of carbonyl (C=O) groups excluding carboxylic acids is 1. The van der Waals surface area contributed by atoms with Gasteiger partial charge in [-0.25, -0.2) is 13.6 Å². The van der Waals surface area contributed by atoms with Crippen molar-refractivity contribution in [3.8, 4) is 11.8 Å². The molecule has 3 N–H and O–H groups in total. The summed E-state index contributed by atoms with van der Waals surface area (Å²) in [5.74, 6) is -3.23. The Morgan fingerprint density at radius 1 is 1.60 bits per heavy atom. The summed E-state index contributed by atoms with van der Waals surface area (Å²) in [7, 11) is 0. The normalized spacial score (nSPS) is 12.8. The fourth-order valence-corrected chi connectivity index (χ4v) is 1.53. The minimum Gasteiger partial charge on any atom is -0.505 e. The maximum Gasteiger partial charge on any atom is 0.342 e. The van der Waals surface area contributed by atoms with Crippen molar-refractivity contribution in [2.24, 2.45) is 5.73 Å². The molecule has 8 heteroatoms. The average molecular weight is 307 g/mol. The zero-order valence-electron chi connectivity index (χ0n) is 10.5. The molecule has 0 aliphatic carbocycles. The van der Waals surface area contributed by atoms with Crippen LogP contribution in [0.3, 0.4) is 0 Å². The number of esters is 1. The van der Waals surface area contributed by atoms with Crippen LogP contribution in [0.15, 0.2) is 12.1 Å². The molecular weight excluding hydrogens is 294 g/mol. The van der Waals surface area contributed by atoms with Gasteiger partial charge in [-0.2, -0.15) is 5.26 Å². The fraction of sp³-hybridized carbons (Fsp3) is 0.333. The number of phenols is 1. The van der Waals surface area contributed by atoms with Crippen molar-refractivity contribution < 1.29 is 23.4 Å². The molecule has 0 aliphatic heterocycles. The van der Waals surface area contributed by atoms with E-state index in [0.717, 1.165) is 12.1 Å². The first kappa shape index (κ1) is 18.1. The summed E-state index contributed by atoms with van der Waals surface area (Å²) in [4.78, 5) is 11.2. The maximum atomic E-state index is 13.7. The summed E-state index contributed by atoms with van der Waals surface area (Å²) in [6.07, 6.45) is -2.31. The van der Waals surface area contributed by atoms with E-state index in [2.05, 4.69) is 4.74 Å². The van der Waals surface area contributed by atoms with Gasteiger partial charge in [-0.1, -0.05) is 0 Å². The highest BCUT2D eigenvalue weighted by Crippen LogP contribution is 2.32. The number of alkyl halides is 1. The number of nitrogens with zero attached hydrogens (tertiary/aromatic N) is 1. The van der Waals surface area contributed by atoms with Crippen LogP contribution in [-0.4, -0.2) is 23.9 Å². The van der Waals surface area contributed by atoms with Crippen molar-refractivity contribution in [1.29, 1.82) is 5.26 Å². The van der Waals surface area contributed by atoms with Crippen LogP contribution in [-0.2, 0) is 9.53 Å². The van der Waals surface area contributed by atoms with Crippen LogP contribution in [0.5, 0.6) is 5.75 Å². The Hall–Kier alpha value is -1.91. The zero-order chi connectivity index (χ0) is 14.6. The van der Waals surface area contributed by atoms with Gasteiger partial charge in [0.1, 0.15) is 0 Å². The van der Waals surface area contributed by atoms with E-state index in [1.165, 1.54) is 6.92 Å². The van der Waals surface area contributed by atoms with Crippen LogP contribution in [0.2, 0.25) is 0 Å². The van der Waals surface area contributed by atoms with Gasteiger partial charge >= 0.3 is 5.97 Å². The molecule has 1 aromatic carbocycles. The predicted octanol–water partition coefficient (Wildman–Crippen LogP) is 1.73. The largest absolute Gasteiger partial charge is 0.505 e. The Labute approximate surface area is 120 Å². The average Bonchev–Trinajstić information content (AvgIpc) is 2.40. The molecule has 0 heterocycles. The number of phenolic OH excluding ortho intramolecular Hbond substituents is 1. The molecule has 0 aliphatic rings. The van der Waals surface area contributed by atoms with Gasteiger partial charge in [-0.05, 0) is 19.1 Å².